The molecule has 4 saturated carbocycles. The third-order valence-corrected chi connectivity index (χ3v) is 16.8. The summed E-state index contributed by atoms with van der Waals surface area (Å²) in [7, 11) is 0. The van der Waals surface area contributed by atoms with Crippen LogP contribution in [-0.4, -0.2) is 75.4 Å². The Kier molecular flexibility index (Phi) is 14.1. The molecule has 0 radical (unpaired) electrons. The number of rotatable bonds is 16. The Balaban J connectivity index is 1.02. The zero-order chi connectivity index (χ0) is 44.5. The molecule has 0 aromatic heterocycles. The molecule has 0 saturated heterocycles. The first-order valence-electron chi connectivity index (χ1n) is 23.3. The minimum atomic E-state index is -0.602. The minimum absolute atomic E-state index is 0.0449. The summed E-state index contributed by atoms with van der Waals surface area (Å²) in [6.45, 7) is 24.8. The van der Waals surface area contributed by atoms with Crippen molar-refractivity contribution in [3.8, 4) is 0 Å². The van der Waals surface area contributed by atoms with Gasteiger partial charge in [-0.2, -0.15) is 0 Å². The highest BCUT2D eigenvalue weighted by Crippen LogP contribution is 2.75. The van der Waals surface area contributed by atoms with Gasteiger partial charge in [-0.1, -0.05) is 77.4 Å². The predicted octanol–water partition coefficient (Wildman–Crippen LogP) is 9.22. The summed E-state index contributed by atoms with van der Waals surface area (Å²) in [4.78, 5) is 54.4. The van der Waals surface area contributed by atoms with Gasteiger partial charge in [0.05, 0.1) is 51.5 Å². The molecule has 9 atom stereocenters. The van der Waals surface area contributed by atoms with Crippen molar-refractivity contribution in [2.75, 3.05) is 46.2 Å². The van der Waals surface area contributed by atoms with Crippen molar-refractivity contribution in [2.24, 2.45) is 56.2 Å². The third-order valence-electron chi connectivity index (χ3n) is 16.8. The van der Waals surface area contributed by atoms with Gasteiger partial charge in [-0.15, -0.1) is 0 Å². The monoisotopic (exact) mass is 848 g/mol. The van der Waals surface area contributed by atoms with Gasteiger partial charge in [0.1, 0.15) is 12.2 Å². The van der Waals surface area contributed by atoms with Crippen LogP contribution in [0.5, 0.6) is 0 Å². The number of carbonyl (C=O) groups is 4. The molecule has 0 bridgehead atoms. The molecule has 1 N–H and O–H groups in total. The van der Waals surface area contributed by atoms with E-state index in [1.165, 1.54) is 5.57 Å². The van der Waals surface area contributed by atoms with Gasteiger partial charge in [0.25, 0.3) is 0 Å². The molecule has 5 aliphatic carbocycles. The van der Waals surface area contributed by atoms with Crippen LogP contribution in [0, 0.1) is 56.2 Å². The molecule has 5 aliphatic rings. The van der Waals surface area contributed by atoms with Crippen molar-refractivity contribution in [2.45, 2.75) is 146 Å². The summed E-state index contributed by atoms with van der Waals surface area (Å²) in [6.07, 6.45) is 10.4. The maximum Gasteiger partial charge on any atom is 0.312 e. The summed E-state index contributed by atoms with van der Waals surface area (Å²) in [5.41, 5.74) is 0.327. The van der Waals surface area contributed by atoms with Crippen molar-refractivity contribution in [1.82, 2.24) is 5.32 Å². The van der Waals surface area contributed by atoms with Crippen LogP contribution in [0.2, 0.25) is 0 Å². The van der Waals surface area contributed by atoms with Crippen molar-refractivity contribution in [3.05, 3.63) is 47.5 Å². The van der Waals surface area contributed by atoms with E-state index < -0.39 is 11.0 Å². The van der Waals surface area contributed by atoms with Crippen LogP contribution in [0.25, 0.3) is 0 Å². The van der Waals surface area contributed by atoms with Gasteiger partial charge in [0.15, 0.2) is 5.78 Å². The lowest BCUT2D eigenvalue weighted by Gasteiger charge is -2.70. The van der Waals surface area contributed by atoms with Crippen LogP contribution in [0.4, 0.5) is 0 Å². The summed E-state index contributed by atoms with van der Waals surface area (Å²) in [5.74, 6) is 0.0390. The highest BCUT2D eigenvalue weighted by molar-refractivity contribution is 5.96. The predicted molar refractivity (Wildman–Crippen MR) is 235 cm³/mol. The maximum atomic E-state index is 14.9. The Morgan fingerprint density at radius 3 is 2.08 bits per heavy atom. The number of amides is 1. The van der Waals surface area contributed by atoms with Gasteiger partial charge in [-0.05, 0) is 136 Å². The molecule has 61 heavy (non-hydrogen) atoms. The fourth-order valence-corrected chi connectivity index (χ4v) is 13.2. The van der Waals surface area contributed by atoms with E-state index in [2.05, 4.69) is 59.9 Å². The molecule has 1 aromatic rings. The van der Waals surface area contributed by atoms with Crippen LogP contribution in [0.1, 0.15) is 139 Å². The summed E-state index contributed by atoms with van der Waals surface area (Å²) >= 11 is 0. The molecule has 0 spiro atoms. The second kappa shape index (κ2) is 18.2. The van der Waals surface area contributed by atoms with Crippen molar-refractivity contribution in [3.63, 3.8) is 0 Å². The first-order valence-corrected chi connectivity index (χ1v) is 23.3. The molecule has 4 fully saturated rings. The number of hydrogen-bond donors (Lipinski definition) is 1. The molecule has 0 unspecified atom stereocenters. The zero-order valence-corrected chi connectivity index (χ0v) is 39.2. The van der Waals surface area contributed by atoms with Gasteiger partial charge < -0.3 is 29.0 Å². The first-order chi connectivity index (χ1) is 28.6. The third kappa shape index (κ3) is 9.57. The summed E-state index contributed by atoms with van der Waals surface area (Å²) in [5, 5.41) is 3.17. The normalized spacial score (nSPS) is 35.4. The van der Waals surface area contributed by atoms with E-state index in [9.17, 15) is 19.2 Å². The van der Waals surface area contributed by atoms with Crippen LogP contribution in [0.3, 0.4) is 0 Å². The second-order valence-corrected chi connectivity index (χ2v) is 22.2. The van der Waals surface area contributed by atoms with E-state index in [0.29, 0.717) is 52.6 Å². The number of ketones is 1. The number of nitrogens with one attached hydrogen (secondary N) is 1. The van der Waals surface area contributed by atoms with E-state index in [1.54, 1.807) is 0 Å². The number of ether oxygens (including phenoxy) is 5. The van der Waals surface area contributed by atoms with E-state index in [0.717, 1.165) is 56.9 Å². The highest BCUT2D eigenvalue weighted by atomic mass is 16.6. The second-order valence-electron chi connectivity index (χ2n) is 22.2. The average Bonchev–Trinajstić information content (AvgIpc) is 3.18. The molecular weight excluding hydrogens is 771 g/mol. The van der Waals surface area contributed by atoms with Crippen LogP contribution in [-0.2, 0) is 49.5 Å². The van der Waals surface area contributed by atoms with Crippen molar-refractivity contribution in [1.29, 1.82) is 0 Å². The maximum absolute atomic E-state index is 14.9. The molecule has 1 aromatic carbocycles. The van der Waals surface area contributed by atoms with Gasteiger partial charge in [0.2, 0.25) is 5.91 Å². The zero-order valence-electron chi connectivity index (χ0n) is 39.2. The molecule has 10 nitrogen and oxygen atoms in total. The van der Waals surface area contributed by atoms with Gasteiger partial charge >= 0.3 is 11.9 Å². The topological polar surface area (TPSA) is 126 Å². The Morgan fingerprint density at radius 2 is 1.41 bits per heavy atom. The Bertz CT molecular complexity index is 1780. The number of allylic oxidation sites excluding steroid dienone is 2. The lowest BCUT2D eigenvalue weighted by Crippen LogP contribution is -2.66. The van der Waals surface area contributed by atoms with Crippen LogP contribution < -0.4 is 5.32 Å². The lowest BCUT2D eigenvalue weighted by molar-refractivity contribution is -0.195. The fraction of sp³-hybridized carbons (Fsp3) is 0.765. The molecule has 0 aliphatic heterocycles. The van der Waals surface area contributed by atoms with Crippen LogP contribution in [0.15, 0.2) is 42.0 Å². The van der Waals surface area contributed by atoms with Gasteiger partial charge in [0, 0.05) is 18.4 Å². The Labute approximate surface area is 366 Å². The van der Waals surface area contributed by atoms with Crippen LogP contribution >= 0.6 is 0 Å². The average molecular weight is 848 g/mol. The molecular formula is C51H77NO9. The smallest absolute Gasteiger partial charge is 0.312 e. The SMILES string of the molecule is CC(C)(C)OC(=O)CCOCCOCCOCCNC(=O)[C@H]1CC[C@]2(C)[C@H]3C(=O)C=C4[C@@H]5C[C@@](C)(C(=O)OCc6ccccc6)CC[C@]5(C)CC[C@@]4(C)[C@]3(C)CC[C@H]2C1(C)C. The van der Waals surface area contributed by atoms with E-state index in [-0.39, 0.29) is 87.4 Å². The largest absolute Gasteiger partial charge is 0.460 e. The van der Waals surface area contributed by atoms with Gasteiger partial charge in [-0.3, -0.25) is 19.2 Å². The van der Waals surface area contributed by atoms with Gasteiger partial charge in [-0.25, -0.2) is 0 Å². The number of fused-ring (bicyclic) bond motifs is 7. The molecule has 340 valence electrons. The lowest BCUT2D eigenvalue weighted by atomic mass is 9.33. The highest BCUT2D eigenvalue weighted by Gasteiger charge is 2.70. The summed E-state index contributed by atoms with van der Waals surface area (Å²) in [6, 6.07) is 9.89. The summed E-state index contributed by atoms with van der Waals surface area (Å²) < 4.78 is 28.1. The van der Waals surface area contributed by atoms with E-state index in [4.69, 9.17) is 23.7 Å². The van der Waals surface area contributed by atoms with E-state index >= 15 is 0 Å². The first kappa shape index (κ1) is 47.4. The molecule has 10 heteroatoms. The van der Waals surface area contributed by atoms with Crippen molar-refractivity contribution < 1.29 is 42.9 Å². The molecule has 1 amide bonds. The number of hydrogen-bond acceptors (Lipinski definition) is 9. The van der Waals surface area contributed by atoms with E-state index in [1.807, 2.05) is 51.1 Å². The standard InChI is InChI=1S/C51H77NO9/c1-45(2,3)61-41(54)18-26-57-28-30-59-31-29-58-27-25-52-43(55)36-16-19-49(8)40(46(36,4)5)17-20-51(10)42(49)39(53)32-37-38-33-48(7,22-21-47(38,6)23-24-50(37,51)9)44(56)60-34-35-14-12-11-13-15-35/h11-15,32,36,38,40,42H,16-31,33-34H2,1-10H3,(H,52,55)/t36-,38+,40+,42-,47-,48+,49+,50-,51-/m1/s1. The minimum Gasteiger partial charge on any atom is -0.460 e. The van der Waals surface area contributed by atoms with Crippen molar-refractivity contribution >= 4 is 23.6 Å². The quantitative estimate of drug-likeness (QED) is 0.128. The number of carbonyl (C=O) groups excluding carboxylic acids is 4. The number of esters is 2. The Morgan fingerprint density at radius 1 is 0.770 bits per heavy atom. The molecule has 6 rings (SSSR count). The fourth-order valence-electron chi connectivity index (χ4n) is 13.2. The number of benzene rings is 1. The Hall–Kier alpha value is -3.08. The molecule has 0 heterocycles.